The first-order valence-corrected chi connectivity index (χ1v) is 4.18. The molecular weight excluding hydrogens is 134 g/mol. The molecule has 0 radical (unpaired) electrons. The van der Waals surface area contributed by atoms with Gasteiger partial charge in [-0.2, -0.15) is 0 Å². The molecule has 56 valence electrons. The Morgan fingerprint density at radius 2 is 1.73 bits per heavy atom. The summed E-state index contributed by atoms with van der Waals surface area (Å²) in [6.07, 6.45) is 1.36. The highest BCUT2D eigenvalue weighted by Gasteiger charge is 2.45. The first kappa shape index (κ1) is 5.78. The summed E-state index contributed by atoms with van der Waals surface area (Å²) < 4.78 is 0. The molecule has 1 saturated heterocycles. The SMILES string of the molecule is CN1C2CC1c1ccccc12. The predicted octanol–water partition coefficient (Wildman–Crippen LogP) is 2.12. The van der Waals surface area contributed by atoms with Gasteiger partial charge in [-0.15, -0.1) is 0 Å². The van der Waals surface area contributed by atoms with Gasteiger partial charge in [-0.3, -0.25) is 4.90 Å². The van der Waals surface area contributed by atoms with Crippen LogP contribution in [-0.4, -0.2) is 11.9 Å². The topological polar surface area (TPSA) is 3.24 Å². The van der Waals surface area contributed by atoms with Gasteiger partial charge in [0, 0.05) is 12.1 Å². The normalized spacial score (nSPS) is 33.2. The Morgan fingerprint density at radius 1 is 1.18 bits per heavy atom. The van der Waals surface area contributed by atoms with Gasteiger partial charge in [-0.1, -0.05) is 24.3 Å². The van der Waals surface area contributed by atoms with E-state index in [1.54, 1.807) is 11.1 Å². The van der Waals surface area contributed by atoms with Crippen LogP contribution in [0, 0.1) is 0 Å². The lowest BCUT2D eigenvalue weighted by Gasteiger charge is -2.37. The Hall–Kier alpha value is -0.820. The molecule has 1 fully saturated rings. The van der Waals surface area contributed by atoms with Gasteiger partial charge >= 0.3 is 0 Å². The van der Waals surface area contributed by atoms with Gasteiger partial charge in [0.1, 0.15) is 0 Å². The fourth-order valence-electron chi connectivity index (χ4n) is 2.43. The summed E-state index contributed by atoms with van der Waals surface area (Å²) in [4.78, 5) is 2.46. The molecule has 0 saturated carbocycles. The highest BCUT2D eigenvalue weighted by Crippen LogP contribution is 2.55. The summed E-state index contributed by atoms with van der Waals surface area (Å²) in [6, 6.07) is 10.3. The highest BCUT2D eigenvalue weighted by molar-refractivity contribution is 5.42. The average Bonchev–Trinajstić information content (AvgIpc) is 2.54. The molecule has 1 heteroatoms. The van der Waals surface area contributed by atoms with Crippen LogP contribution in [-0.2, 0) is 0 Å². The van der Waals surface area contributed by atoms with E-state index in [0.29, 0.717) is 0 Å². The number of benzene rings is 1. The van der Waals surface area contributed by atoms with Gasteiger partial charge in [-0.05, 0) is 24.6 Å². The van der Waals surface area contributed by atoms with Crippen LogP contribution in [0.15, 0.2) is 24.3 Å². The first-order valence-electron chi connectivity index (χ1n) is 4.18. The second kappa shape index (κ2) is 1.67. The Bertz CT molecular complexity index is 276. The van der Waals surface area contributed by atoms with E-state index < -0.39 is 0 Å². The summed E-state index contributed by atoms with van der Waals surface area (Å²) in [7, 11) is 2.22. The third-order valence-electron chi connectivity index (χ3n) is 3.14. The zero-order chi connectivity index (χ0) is 7.42. The molecule has 4 rings (SSSR count). The largest absolute Gasteiger partial charge is 0.292 e. The fourth-order valence-corrected chi connectivity index (χ4v) is 2.43. The zero-order valence-electron chi connectivity index (χ0n) is 6.62. The van der Waals surface area contributed by atoms with Crippen LogP contribution in [0.3, 0.4) is 0 Å². The summed E-state index contributed by atoms with van der Waals surface area (Å²) >= 11 is 0. The summed E-state index contributed by atoms with van der Waals surface area (Å²) in [6.45, 7) is 0. The Kier molecular flexibility index (Phi) is 0.878. The van der Waals surface area contributed by atoms with Crippen LogP contribution in [0.2, 0.25) is 0 Å². The van der Waals surface area contributed by atoms with Crippen LogP contribution >= 0.6 is 0 Å². The van der Waals surface area contributed by atoms with E-state index in [1.165, 1.54) is 6.42 Å². The molecule has 0 spiro atoms. The van der Waals surface area contributed by atoms with Crippen molar-refractivity contribution in [3.05, 3.63) is 35.4 Å². The fraction of sp³-hybridized carbons (Fsp3) is 0.400. The molecule has 2 unspecified atom stereocenters. The van der Waals surface area contributed by atoms with Crippen molar-refractivity contribution in [1.82, 2.24) is 4.90 Å². The molecular formula is C10H11N. The minimum absolute atomic E-state index is 0.746. The summed E-state index contributed by atoms with van der Waals surface area (Å²) in [5.74, 6) is 0. The van der Waals surface area contributed by atoms with Crippen molar-refractivity contribution in [2.75, 3.05) is 7.05 Å². The number of nitrogens with zero attached hydrogens (tertiary/aromatic N) is 1. The minimum Gasteiger partial charge on any atom is -0.292 e. The van der Waals surface area contributed by atoms with Crippen molar-refractivity contribution >= 4 is 0 Å². The molecule has 3 aliphatic rings. The third kappa shape index (κ3) is 0.520. The Labute approximate surface area is 66.6 Å². The van der Waals surface area contributed by atoms with Crippen molar-refractivity contribution in [3.8, 4) is 0 Å². The van der Waals surface area contributed by atoms with Crippen LogP contribution in [0.4, 0.5) is 0 Å². The second-order valence-electron chi connectivity index (χ2n) is 3.56. The monoisotopic (exact) mass is 145 g/mol. The molecule has 2 aliphatic heterocycles. The van der Waals surface area contributed by atoms with Crippen molar-refractivity contribution in [2.24, 2.45) is 0 Å². The molecule has 2 atom stereocenters. The van der Waals surface area contributed by atoms with Crippen LogP contribution in [0.25, 0.3) is 0 Å². The molecule has 1 nitrogen and oxygen atoms in total. The van der Waals surface area contributed by atoms with Crippen molar-refractivity contribution in [3.63, 3.8) is 0 Å². The van der Waals surface area contributed by atoms with Crippen molar-refractivity contribution in [1.29, 1.82) is 0 Å². The average molecular weight is 145 g/mol. The molecule has 0 amide bonds. The maximum Gasteiger partial charge on any atom is 0.0372 e. The minimum atomic E-state index is 0.746. The number of hydrogen-bond donors (Lipinski definition) is 0. The molecule has 1 aliphatic carbocycles. The van der Waals surface area contributed by atoms with Gasteiger partial charge in [0.15, 0.2) is 0 Å². The molecule has 11 heavy (non-hydrogen) atoms. The smallest absolute Gasteiger partial charge is 0.0372 e. The van der Waals surface area contributed by atoms with Gasteiger partial charge in [0.05, 0.1) is 0 Å². The van der Waals surface area contributed by atoms with E-state index in [-0.39, 0.29) is 0 Å². The second-order valence-corrected chi connectivity index (χ2v) is 3.56. The maximum absolute atomic E-state index is 2.46. The molecule has 1 aromatic carbocycles. The van der Waals surface area contributed by atoms with Crippen LogP contribution in [0.1, 0.15) is 29.6 Å². The molecule has 1 aromatic rings. The molecule has 0 aromatic heterocycles. The lowest BCUT2D eigenvalue weighted by molar-refractivity contribution is 0.0752. The molecule has 2 heterocycles. The van der Waals surface area contributed by atoms with Gasteiger partial charge in [0.25, 0.3) is 0 Å². The quantitative estimate of drug-likeness (QED) is 0.540. The van der Waals surface area contributed by atoms with Crippen LogP contribution < -0.4 is 0 Å². The maximum atomic E-state index is 2.46. The first-order chi connectivity index (χ1) is 5.38. The Morgan fingerprint density at radius 3 is 2.18 bits per heavy atom. The molecule has 2 bridgehead atoms. The summed E-state index contributed by atoms with van der Waals surface area (Å²) in [5, 5.41) is 0. The molecule has 0 N–H and O–H groups in total. The van der Waals surface area contributed by atoms with E-state index in [4.69, 9.17) is 0 Å². The van der Waals surface area contributed by atoms with Gasteiger partial charge in [0.2, 0.25) is 0 Å². The predicted molar refractivity (Wildman–Crippen MR) is 44.3 cm³/mol. The standard InChI is InChI=1S/C10H11N/c1-11-9-6-10(11)8-5-3-2-4-7(8)9/h2-5,9-10H,6H2,1H3. The van der Waals surface area contributed by atoms with Gasteiger partial charge < -0.3 is 0 Å². The Balaban J connectivity index is 2.22. The van der Waals surface area contributed by atoms with E-state index in [2.05, 4.69) is 36.2 Å². The summed E-state index contributed by atoms with van der Waals surface area (Å²) in [5.41, 5.74) is 3.14. The third-order valence-corrected chi connectivity index (χ3v) is 3.14. The van der Waals surface area contributed by atoms with Crippen molar-refractivity contribution in [2.45, 2.75) is 18.5 Å². The lowest BCUT2D eigenvalue weighted by Crippen LogP contribution is -2.33. The van der Waals surface area contributed by atoms with Gasteiger partial charge in [-0.25, -0.2) is 0 Å². The van der Waals surface area contributed by atoms with E-state index >= 15 is 0 Å². The van der Waals surface area contributed by atoms with Crippen molar-refractivity contribution < 1.29 is 0 Å². The number of hydrogen-bond acceptors (Lipinski definition) is 1. The van der Waals surface area contributed by atoms with E-state index in [1.807, 2.05) is 0 Å². The van der Waals surface area contributed by atoms with Crippen LogP contribution in [0.5, 0.6) is 0 Å². The number of rotatable bonds is 0. The highest BCUT2D eigenvalue weighted by atomic mass is 15.2. The lowest BCUT2D eigenvalue weighted by atomic mass is 10.0. The van der Waals surface area contributed by atoms with E-state index in [0.717, 1.165) is 12.1 Å². The van der Waals surface area contributed by atoms with E-state index in [9.17, 15) is 0 Å². The zero-order valence-corrected chi connectivity index (χ0v) is 6.62.